The van der Waals surface area contributed by atoms with Gasteiger partial charge in [0.1, 0.15) is 0 Å². The molecule has 6 nitrogen and oxygen atoms in total. The number of aryl methyl sites for hydroxylation is 3. The van der Waals surface area contributed by atoms with E-state index in [4.69, 9.17) is 0 Å². The van der Waals surface area contributed by atoms with Gasteiger partial charge in [-0.2, -0.15) is 0 Å². The van der Waals surface area contributed by atoms with Gasteiger partial charge in [-0.15, -0.1) is 0 Å². The summed E-state index contributed by atoms with van der Waals surface area (Å²) >= 11 is 0. The van der Waals surface area contributed by atoms with Crippen LogP contribution in [0.15, 0.2) is 53.5 Å². The first kappa shape index (κ1) is 25.5. The molecular weight excluding hydrogens is 448 g/mol. The number of benzene rings is 2. The zero-order valence-electron chi connectivity index (χ0n) is 22.3. The summed E-state index contributed by atoms with van der Waals surface area (Å²) in [7, 11) is 4.11. The number of pyridine rings is 1. The molecule has 188 valence electrons. The fraction of sp³-hybridized carbons (Fsp3) is 0.333. The van der Waals surface area contributed by atoms with E-state index in [0.717, 1.165) is 45.4 Å². The van der Waals surface area contributed by atoms with Crippen LogP contribution in [0.4, 0.5) is 0 Å². The number of nitrogens with one attached hydrogen (secondary N) is 2. The lowest BCUT2D eigenvalue weighted by Gasteiger charge is -2.14. The van der Waals surface area contributed by atoms with E-state index in [2.05, 4.69) is 84.2 Å². The molecule has 0 atom stereocenters. The summed E-state index contributed by atoms with van der Waals surface area (Å²) in [4.78, 5) is 31.0. The van der Waals surface area contributed by atoms with Crippen molar-refractivity contribution in [2.24, 2.45) is 0 Å². The molecular formula is C30H36N4O2. The van der Waals surface area contributed by atoms with Crippen molar-refractivity contribution in [2.45, 2.75) is 53.8 Å². The minimum absolute atomic E-state index is 0.161. The van der Waals surface area contributed by atoms with Crippen LogP contribution in [-0.4, -0.2) is 34.5 Å². The van der Waals surface area contributed by atoms with Crippen molar-refractivity contribution in [2.75, 3.05) is 14.1 Å². The van der Waals surface area contributed by atoms with E-state index in [9.17, 15) is 9.59 Å². The molecule has 2 aromatic carbocycles. The second-order valence-corrected chi connectivity index (χ2v) is 10.3. The number of hydrogen-bond acceptors (Lipinski definition) is 3. The first-order valence-corrected chi connectivity index (χ1v) is 12.4. The molecule has 0 radical (unpaired) electrons. The molecule has 36 heavy (non-hydrogen) atoms. The van der Waals surface area contributed by atoms with Crippen molar-refractivity contribution in [3.05, 3.63) is 92.5 Å². The van der Waals surface area contributed by atoms with Gasteiger partial charge in [-0.3, -0.25) is 9.59 Å². The second kappa shape index (κ2) is 10.2. The van der Waals surface area contributed by atoms with E-state index in [1.54, 1.807) is 0 Å². The Kier molecular flexibility index (Phi) is 7.18. The number of nitrogens with zero attached hydrogens (tertiary/aromatic N) is 2. The molecule has 0 fully saturated rings. The summed E-state index contributed by atoms with van der Waals surface area (Å²) in [6, 6.07) is 14.8. The van der Waals surface area contributed by atoms with Gasteiger partial charge in [0, 0.05) is 53.1 Å². The standard InChI is InChI=1S/C30H36N4O2/c1-18(2)34-16-20(4)28-25(29(35)31-15-26-19(3)12-21(5)32-30(26)36)13-24(14-27(28)34)23-10-8-22(9-11-23)17-33(6)7/h8-14,16,18H,15,17H2,1-7H3,(H,31,35)(H,32,36). The van der Waals surface area contributed by atoms with E-state index in [0.29, 0.717) is 11.1 Å². The summed E-state index contributed by atoms with van der Waals surface area (Å²) in [6.45, 7) is 11.1. The van der Waals surface area contributed by atoms with E-state index in [1.165, 1.54) is 5.56 Å². The quantitative estimate of drug-likeness (QED) is 0.364. The third-order valence-electron chi connectivity index (χ3n) is 6.63. The number of amides is 1. The van der Waals surface area contributed by atoms with E-state index >= 15 is 0 Å². The maximum absolute atomic E-state index is 13.6. The lowest BCUT2D eigenvalue weighted by atomic mass is 9.97. The second-order valence-electron chi connectivity index (χ2n) is 10.3. The maximum atomic E-state index is 13.6. The fourth-order valence-corrected chi connectivity index (χ4v) is 4.89. The first-order valence-electron chi connectivity index (χ1n) is 12.4. The number of aromatic nitrogens is 2. The Morgan fingerprint density at radius 3 is 2.31 bits per heavy atom. The van der Waals surface area contributed by atoms with Crippen LogP contribution in [-0.2, 0) is 13.1 Å². The Bertz CT molecular complexity index is 1470. The van der Waals surface area contributed by atoms with Crippen LogP contribution in [0.5, 0.6) is 0 Å². The molecule has 0 aliphatic rings. The van der Waals surface area contributed by atoms with Crippen molar-refractivity contribution in [3.63, 3.8) is 0 Å². The van der Waals surface area contributed by atoms with Gasteiger partial charge in [0.05, 0.1) is 0 Å². The van der Waals surface area contributed by atoms with Gasteiger partial charge in [0.15, 0.2) is 0 Å². The van der Waals surface area contributed by atoms with Crippen LogP contribution < -0.4 is 10.9 Å². The highest BCUT2D eigenvalue weighted by atomic mass is 16.1. The Morgan fingerprint density at radius 2 is 1.69 bits per heavy atom. The molecule has 0 saturated heterocycles. The van der Waals surface area contributed by atoms with E-state index < -0.39 is 0 Å². The summed E-state index contributed by atoms with van der Waals surface area (Å²) in [5, 5.41) is 3.96. The predicted molar refractivity (Wildman–Crippen MR) is 148 cm³/mol. The molecule has 0 spiro atoms. The highest BCUT2D eigenvalue weighted by Gasteiger charge is 2.19. The highest BCUT2D eigenvalue weighted by Crippen LogP contribution is 2.33. The highest BCUT2D eigenvalue weighted by molar-refractivity contribution is 6.09. The zero-order valence-corrected chi connectivity index (χ0v) is 22.3. The van der Waals surface area contributed by atoms with Gasteiger partial charge in [0.2, 0.25) is 0 Å². The van der Waals surface area contributed by atoms with Crippen molar-refractivity contribution >= 4 is 16.8 Å². The number of rotatable bonds is 7. The van der Waals surface area contributed by atoms with Crippen LogP contribution in [0.25, 0.3) is 22.0 Å². The third kappa shape index (κ3) is 5.14. The van der Waals surface area contributed by atoms with Crippen LogP contribution in [0.3, 0.4) is 0 Å². The average Bonchev–Trinajstić information content (AvgIpc) is 3.14. The van der Waals surface area contributed by atoms with Gasteiger partial charge in [-0.25, -0.2) is 0 Å². The van der Waals surface area contributed by atoms with Crippen LogP contribution in [0, 0.1) is 20.8 Å². The molecule has 6 heteroatoms. The molecule has 0 aliphatic heterocycles. The Labute approximate surface area is 213 Å². The van der Waals surface area contributed by atoms with Crippen molar-refractivity contribution in [3.8, 4) is 11.1 Å². The molecule has 0 bridgehead atoms. The Morgan fingerprint density at radius 1 is 1.00 bits per heavy atom. The Hall–Kier alpha value is -3.64. The van der Waals surface area contributed by atoms with Crippen LogP contribution >= 0.6 is 0 Å². The number of aromatic amines is 1. The minimum atomic E-state index is -0.185. The monoisotopic (exact) mass is 484 g/mol. The van der Waals surface area contributed by atoms with Crippen molar-refractivity contribution in [1.82, 2.24) is 19.8 Å². The largest absolute Gasteiger partial charge is 0.348 e. The number of fused-ring (bicyclic) bond motifs is 1. The van der Waals surface area contributed by atoms with Crippen molar-refractivity contribution in [1.29, 1.82) is 0 Å². The predicted octanol–water partition coefficient (Wildman–Crippen LogP) is 5.49. The van der Waals surface area contributed by atoms with Gasteiger partial charge in [0.25, 0.3) is 11.5 Å². The summed E-state index contributed by atoms with van der Waals surface area (Å²) in [5.41, 5.74) is 8.11. The smallest absolute Gasteiger partial charge is 0.253 e. The van der Waals surface area contributed by atoms with Gasteiger partial charge < -0.3 is 19.8 Å². The molecule has 0 aliphatic carbocycles. The number of hydrogen-bond donors (Lipinski definition) is 2. The topological polar surface area (TPSA) is 70.1 Å². The molecule has 4 aromatic rings. The SMILES string of the molecule is Cc1cc(C)c(CNC(=O)c2cc(-c3ccc(CN(C)C)cc3)cc3c2c(C)cn3C(C)C)c(=O)[nH]1. The van der Waals surface area contributed by atoms with Crippen LogP contribution in [0.1, 0.15) is 58.2 Å². The zero-order chi connectivity index (χ0) is 26.1. The molecule has 2 N–H and O–H groups in total. The van der Waals surface area contributed by atoms with E-state index in [1.807, 2.05) is 32.9 Å². The normalized spacial score (nSPS) is 11.6. The lowest BCUT2D eigenvalue weighted by Crippen LogP contribution is -2.28. The van der Waals surface area contributed by atoms with Crippen molar-refractivity contribution < 1.29 is 4.79 Å². The molecule has 4 rings (SSSR count). The summed E-state index contributed by atoms with van der Waals surface area (Å²) in [5.74, 6) is -0.185. The molecule has 2 heterocycles. The fourth-order valence-electron chi connectivity index (χ4n) is 4.89. The minimum Gasteiger partial charge on any atom is -0.348 e. The van der Waals surface area contributed by atoms with Gasteiger partial charge >= 0.3 is 0 Å². The van der Waals surface area contributed by atoms with Crippen LogP contribution in [0.2, 0.25) is 0 Å². The molecule has 1 amide bonds. The average molecular weight is 485 g/mol. The molecule has 2 aromatic heterocycles. The molecule has 0 saturated carbocycles. The number of carbonyl (C=O) groups is 1. The first-order chi connectivity index (χ1) is 17.0. The maximum Gasteiger partial charge on any atom is 0.253 e. The molecule has 0 unspecified atom stereocenters. The van der Waals surface area contributed by atoms with Gasteiger partial charge in [-0.05, 0) is 94.7 Å². The summed E-state index contributed by atoms with van der Waals surface area (Å²) < 4.78 is 2.22. The summed E-state index contributed by atoms with van der Waals surface area (Å²) in [6.07, 6.45) is 2.12. The number of H-pyrrole nitrogens is 1. The lowest BCUT2D eigenvalue weighted by molar-refractivity contribution is 0.0952. The van der Waals surface area contributed by atoms with Gasteiger partial charge in [-0.1, -0.05) is 24.3 Å². The number of carbonyl (C=O) groups excluding carboxylic acids is 1. The van der Waals surface area contributed by atoms with E-state index in [-0.39, 0.29) is 24.1 Å². The Balaban J connectivity index is 1.77. The third-order valence-corrected chi connectivity index (χ3v) is 6.63.